The smallest absolute Gasteiger partial charge is 0.268 e. The van der Waals surface area contributed by atoms with Crippen molar-refractivity contribution in [1.82, 2.24) is 8.87 Å². The molecule has 6 heteroatoms. The van der Waals surface area contributed by atoms with Crippen LogP contribution in [0.4, 0.5) is 0 Å². The molecule has 0 N–H and O–H groups in total. The molecule has 0 saturated heterocycles. The molecule has 5 nitrogen and oxygen atoms in total. The Bertz CT molecular complexity index is 1020. The number of nitrogens with zero attached hydrogens (tertiary/aromatic N) is 2. The first-order valence-corrected chi connectivity index (χ1v) is 9.96. The lowest BCUT2D eigenvalue weighted by atomic mass is 10.2. The van der Waals surface area contributed by atoms with Crippen LogP contribution in [0.2, 0.25) is 0 Å². The second-order valence-corrected chi connectivity index (χ2v) is 8.45. The molecule has 138 valence electrons. The first-order chi connectivity index (χ1) is 12.3. The van der Waals surface area contributed by atoms with Crippen LogP contribution in [0, 0.1) is 13.8 Å². The second kappa shape index (κ2) is 7.13. The maximum absolute atomic E-state index is 13.3. The molecule has 0 saturated carbocycles. The van der Waals surface area contributed by atoms with E-state index < -0.39 is 10.0 Å². The number of hydrogen-bond donors (Lipinski definition) is 0. The number of benzene rings is 2. The van der Waals surface area contributed by atoms with Crippen LogP contribution < -0.4 is 4.74 Å². The second-order valence-electron chi connectivity index (χ2n) is 6.67. The Morgan fingerprint density at radius 3 is 2.31 bits per heavy atom. The summed E-state index contributed by atoms with van der Waals surface area (Å²) in [5.74, 6) is 0.623. The molecular formula is C20H24N2O3S. The van der Waals surface area contributed by atoms with Gasteiger partial charge in [0.05, 0.1) is 16.1 Å². The van der Waals surface area contributed by atoms with Gasteiger partial charge in [0.2, 0.25) is 0 Å². The van der Waals surface area contributed by atoms with Crippen molar-refractivity contribution in [2.24, 2.45) is 0 Å². The van der Waals surface area contributed by atoms with Gasteiger partial charge in [0, 0.05) is 11.9 Å². The molecule has 1 aromatic heterocycles. The van der Waals surface area contributed by atoms with E-state index in [-0.39, 0.29) is 4.90 Å². The van der Waals surface area contributed by atoms with Gasteiger partial charge >= 0.3 is 0 Å². The van der Waals surface area contributed by atoms with Crippen molar-refractivity contribution in [2.45, 2.75) is 18.7 Å². The van der Waals surface area contributed by atoms with Gasteiger partial charge in [-0.15, -0.1) is 0 Å². The summed E-state index contributed by atoms with van der Waals surface area (Å²) in [6, 6.07) is 14.3. The molecule has 0 aliphatic carbocycles. The number of para-hydroxylation sites is 1. The van der Waals surface area contributed by atoms with Gasteiger partial charge in [0.1, 0.15) is 12.4 Å². The fourth-order valence-corrected chi connectivity index (χ4v) is 4.50. The van der Waals surface area contributed by atoms with Crippen molar-refractivity contribution < 1.29 is 13.2 Å². The molecule has 0 radical (unpaired) electrons. The third-order valence-electron chi connectivity index (χ3n) is 4.34. The monoisotopic (exact) mass is 372 g/mol. The minimum atomic E-state index is -3.71. The highest BCUT2D eigenvalue weighted by Gasteiger charge is 2.25. The Morgan fingerprint density at radius 2 is 1.65 bits per heavy atom. The minimum absolute atomic E-state index is 0.270. The molecule has 0 atom stereocenters. The summed E-state index contributed by atoms with van der Waals surface area (Å²) < 4.78 is 33.9. The summed E-state index contributed by atoms with van der Waals surface area (Å²) in [7, 11) is 0.240. The summed E-state index contributed by atoms with van der Waals surface area (Å²) in [5, 5.41) is 0.805. The summed E-state index contributed by atoms with van der Waals surface area (Å²) in [4.78, 5) is 2.30. The standard InChI is InChI=1S/C20H24N2O3S/c1-15-9-11-17(12-10-15)26(23,24)22-16(2)20(25-14-13-21(3)4)18-7-5-6-8-19(18)22/h5-12H,13-14H2,1-4H3. The zero-order valence-corrected chi connectivity index (χ0v) is 16.4. The van der Waals surface area contributed by atoms with Crippen LogP contribution >= 0.6 is 0 Å². The Labute approximate surface area is 154 Å². The van der Waals surface area contributed by atoms with Gasteiger partial charge in [-0.05, 0) is 52.2 Å². The molecule has 0 aliphatic rings. The Balaban J connectivity index is 2.14. The molecule has 3 rings (SSSR count). The third kappa shape index (κ3) is 3.34. The summed E-state index contributed by atoms with van der Waals surface area (Å²) >= 11 is 0. The summed E-state index contributed by atoms with van der Waals surface area (Å²) in [5.41, 5.74) is 2.24. The maximum atomic E-state index is 13.3. The molecule has 0 amide bonds. The van der Waals surface area contributed by atoms with E-state index in [4.69, 9.17) is 4.74 Å². The highest BCUT2D eigenvalue weighted by atomic mass is 32.2. The molecule has 0 unspecified atom stereocenters. The zero-order chi connectivity index (χ0) is 18.9. The average molecular weight is 372 g/mol. The average Bonchev–Trinajstić information content (AvgIpc) is 2.87. The zero-order valence-electron chi connectivity index (χ0n) is 15.6. The predicted molar refractivity (Wildman–Crippen MR) is 104 cm³/mol. The number of fused-ring (bicyclic) bond motifs is 1. The van der Waals surface area contributed by atoms with Crippen molar-refractivity contribution in [3.05, 3.63) is 59.8 Å². The highest BCUT2D eigenvalue weighted by molar-refractivity contribution is 7.90. The number of likely N-dealkylation sites (N-methyl/N-ethyl adjacent to an activating group) is 1. The lowest BCUT2D eigenvalue weighted by Crippen LogP contribution is -2.20. The van der Waals surface area contributed by atoms with Gasteiger partial charge in [0.15, 0.2) is 0 Å². The van der Waals surface area contributed by atoms with E-state index in [1.165, 1.54) is 3.97 Å². The quantitative estimate of drug-likeness (QED) is 0.665. The van der Waals surface area contributed by atoms with E-state index in [9.17, 15) is 8.42 Å². The highest BCUT2D eigenvalue weighted by Crippen LogP contribution is 2.35. The molecular weight excluding hydrogens is 348 g/mol. The SMILES string of the molecule is Cc1ccc(S(=O)(=O)n2c(C)c(OCCN(C)C)c3ccccc32)cc1. The first kappa shape index (κ1) is 18.5. The number of rotatable bonds is 6. The molecule has 3 aromatic rings. The van der Waals surface area contributed by atoms with Crippen molar-refractivity contribution in [3.63, 3.8) is 0 Å². The van der Waals surface area contributed by atoms with Gasteiger partial charge in [-0.25, -0.2) is 12.4 Å². The van der Waals surface area contributed by atoms with Crippen LogP contribution in [0.3, 0.4) is 0 Å². The van der Waals surface area contributed by atoms with Crippen molar-refractivity contribution in [2.75, 3.05) is 27.2 Å². The molecule has 0 bridgehead atoms. The van der Waals surface area contributed by atoms with Crippen LogP contribution in [-0.2, 0) is 10.0 Å². The Morgan fingerprint density at radius 1 is 1.00 bits per heavy atom. The van der Waals surface area contributed by atoms with E-state index in [2.05, 4.69) is 0 Å². The van der Waals surface area contributed by atoms with E-state index in [0.29, 0.717) is 23.6 Å². The van der Waals surface area contributed by atoms with Crippen LogP contribution in [-0.4, -0.2) is 44.5 Å². The minimum Gasteiger partial charge on any atom is -0.490 e. The normalized spacial score (nSPS) is 12.0. The van der Waals surface area contributed by atoms with E-state index in [1.807, 2.05) is 62.3 Å². The molecule has 2 aromatic carbocycles. The topological polar surface area (TPSA) is 51.5 Å². The van der Waals surface area contributed by atoms with Crippen LogP contribution in [0.5, 0.6) is 5.75 Å². The molecule has 0 aliphatic heterocycles. The lowest BCUT2D eigenvalue weighted by molar-refractivity contribution is 0.262. The summed E-state index contributed by atoms with van der Waals surface area (Å²) in [6.07, 6.45) is 0. The summed E-state index contributed by atoms with van der Waals surface area (Å²) in [6.45, 7) is 4.97. The molecule has 0 spiro atoms. The Hall–Kier alpha value is -2.31. The molecule has 0 fully saturated rings. The van der Waals surface area contributed by atoms with Gasteiger partial charge in [-0.1, -0.05) is 29.8 Å². The Kier molecular flexibility index (Phi) is 5.07. The molecule has 1 heterocycles. The van der Waals surface area contributed by atoms with Crippen LogP contribution in [0.25, 0.3) is 10.9 Å². The van der Waals surface area contributed by atoms with E-state index >= 15 is 0 Å². The van der Waals surface area contributed by atoms with Crippen LogP contribution in [0.15, 0.2) is 53.4 Å². The van der Waals surface area contributed by atoms with Crippen molar-refractivity contribution >= 4 is 20.9 Å². The number of ether oxygens (including phenoxy) is 1. The van der Waals surface area contributed by atoms with Crippen LogP contribution in [0.1, 0.15) is 11.3 Å². The van der Waals surface area contributed by atoms with E-state index in [0.717, 1.165) is 17.5 Å². The third-order valence-corrected chi connectivity index (χ3v) is 6.16. The van der Waals surface area contributed by atoms with Crippen molar-refractivity contribution in [1.29, 1.82) is 0 Å². The van der Waals surface area contributed by atoms with Gasteiger partial charge in [-0.3, -0.25) is 0 Å². The first-order valence-electron chi connectivity index (χ1n) is 8.52. The number of hydrogen-bond acceptors (Lipinski definition) is 4. The number of aryl methyl sites for hydroxylation is 1. The lowest BCUT2D eigenvalue weighted by Gasteiger charge is -2.12. The molecule has 26 heavy (non-hydrogen) atoms. The largest absolute Gasteiger partial charge is 0.490 e. The maximum Gasteiger partial charge on any atom is 0.268 e. The fourth-order valence-electron chi connectivity index (χ4n) is 2.95. The van der Waals surface area contributed by atoms with Gasteiger partial charge in [-0.2, -0.15) is 0 Å². The number of aromatic nitrogens is 1. The van der Waals surface area contributed by atoms with Crippen molar-refractivity contribution in [3.8, 4) is 5.75 Å². The predicted octanol–water partition coefficient (Wildman–Crippen LogP) is 3.44. The van der Waals surface area contributed by atoms with Gasteiger partial charge in [0.25, 0.3) is 10.0 Å². The van der Waals surface area contributed by atoms with Gasteiger partial charge < -0.3 is 9.64 Å². The fraction of sp³-hybridized carbons (Fsp3) is 0.300. The van der Waals surface area contributed by atoms with E-state index in [1.54, 1.807) is 19.1 Å².